The Morgan fingerprint density at radius 3 is 2.86 bits per heavy atom. The summed E-state index contributed by atoms with van der Waals surface area (Å²) in [6.45, 7) is 2.58. The fourth-order valence-corrected chi connectivity index (χ4v) is 2.18. The zero-order chi connectivity index (χ0) is 10.1. The van der Waals surface area contributed by atoms with Crippen LogP contribution in [0.15, 0.2) is 27.1 Å². The van der Waals surface area contributed by atoms with E-state index in [0.29, 0.717) is 6.54 Å². The summed E-state index contributed by atoms with van der Waals surface area (Å²) < 4.78 is 6.69. The Labute approximate surface area is 91.2 Å². The molecule has 0 saturated heterocycles. The van der Waals surface area contributed by atoms with Gasteiger partial charge in [-0.3, -0.25) is 0 Å². The SMILES string of the molecule is CCc1c(CN)oc2c(Br)cccc12. The van der Waals surface area contributed by atoms with Gasteiger partial charge in [0.25, 0.3) is 0 Å². The molecule has 0 fully saturated rings. The molecule has 1 heterocycles. The predicted octanol–water partition coefficient (Wildman–Crippen LogP) is 3.22. The summed E-state index contributed by atoms with van der Waals surface area (Å²) in [6, 6.07) is 6.06. The van der Waals surface area contributed by atoms with Crippen molar-refractivity contribution >= 4 is 26.9 Å². The Morgan fingerprint density at radius 1 is 1.43 bits per heavy atom. The van der Waals surface area contributed by atoms with E-state index in [0.717, 1.165) is 22.2 Å². The van der Waals surface area contributed by atoms with Crippen molar-refractivity contribution < 1.29 is 4.42 Å². The summed E-state index contributed by atoms with van der Waals surface area (Å²) in [7, 11) is 0. The van der Waals surface area contributed by atoms with Gasteiger partial charge in [0.05, 0.1) is 11.0 Å². The quantitative estimate of drug-likeness (QED) is 0.893. The summed E-state index contributed by atoms with van der Waals surface area (Å²) in [4.78, 5) is 0. The molecule has 0 radical (unpaired) electrons. The second-order valence-electron chi connectivity index (χ2n) is 3.18. The molecule has 2 aromatic rings. The van der Waals surface area contributed by atoms with Gasteiger partial charge in [0.1, 0.15) is 11.3 Å². The number of fused-ring (bicyclic) bond motifs is 1. The van der Waals surface area contributed by atoms with Crippen LogP contribution in [0.3, 0.4) is 0 Å². The molecule has 2 rings (SSSR count). The lowest BCUT2D eigenvalue weighted by Gasteiger charge is -1.94. The van der Waals surface area contributed by atoms with Crippen LogP contribution in [-0.4, -0.2) is 0 Å². The topological polar surface area (TPSA) is 39.2 Å². The Bertz CT molecular complexity index is 462. The average Bonchev–Trinajstić information content (AvgIpc) is 2.57. The van der Waals surface area contributed by atoms with E-state index in [4.69, 9.17) is 10.2 Å². The number of aryl methyl sites for hydroxylation is 1. The number of hydrogen-bond acceptors (Lipinski definition) is 2. The smallest absolute Gasteiger partial charge is 0.148 e. The lowest BCUT2D eigenvalue weighted by molar-refractivity contribution is 0.545. The molecule has 2 N–H and O–H groups in total. The summed E-state index contributed by atoms with van der Waals surface area (Å²) >= 11 is 3.47. The second kappa shape index (κ2) is 3.75. The molecule has 0 bridgehead atoms. The molecule has 1 aromatic heterocycles. The molecule has 0 spiro atoms. The molecular weight excluding hydrogens is 242 g/mol. The van der Waals surface area contributed by atoms with E-state index in [9.17, 15) is 0 Å². The largest absolute Gasteiger partial charge is 0.458 e. The molecule has 14 heavy (non-hydrogen) atoms. The van der Waals surface area contributed by atoms with Gasteiger partial charge in [-0.2, -0.15) is 0 Å². The van der Waals surface area contributed by atoms with Gasteiger partial charge in [-0.15, -0.1) is 0 Å². The third-order valence-electron chi connectivity index (χ3n) is 2.39. The molecule has 3 heteroatoms. The number of hydrogen-bond donors (Lipinski definition) is 1. The highest BCUT2D eigenvalue weighted by Crippen LogP contribution is 2.31. The van der Waals surface area contributed by atoms with Crippen molar-refractivity contribution in [3.63, 3.8) is 0 Å². The molecular formula is C11H12BrNO. The van der Waals surface area contributed by atoms with Crippen LogP contribution in [0.5, 0.6) is 0 Å². The molecule has 0 aliphatic carbocycles. The fourth-order valence-electron chi connectivity index (χ4n) is 1.74. The van der Waals surface area contributed by atoms with Crippen molar-refractivity contribution in [3.8, 4) is 0 Å². The highest BCUT2D eigenvalue weighted by atomic mass is 79.9. The molecule has 2 nitrogen and oxygen atoms in total. The zero-order valence-corrected chi connectivity index (χ0v) is 9.60. The van der Waals surface area contributed by atoms with Gasteiger partial charge in [0.2, 0.25) is 0 Å². The van der Waals surface area contributed by atoms with Gasteiger partial charge >= 0.3 is 0 Å². The monoisotopic (exact) mass is 253 g/mol. The maximum Gasteiger partial charge on any atom is 0.148 e. The van der Waals surface area contributed by atoms with Gasteiger partial charge in [0, 0.05) is 10.9 Å². The predicted molar refractivity (Wildman–Crippen MR) is 61.2 cm³/mol. The van der Waals surface area contributed by atoms with Crippen LogP contribution in [-0.2, 0) is 13.0 Å². The highest BCUT2D eigenvalue weighted by Gasteiger charge is 2.12. The standard InChI is InChI=1S/C11H12BrNO/c1-2-7-8-4-3-5-9(12)11(8)14-10(7)6-13/h3-5H,2,6,13H2,1H3. The van der Waals surface area contributed by atoms with Crippen LogP contribution in [0.4, 0.5) is 0 Å². The first-order valence-electron chi connectivity index (χ1n) is 4.66. The Hall–Kier alpha value is -0.800. The fraction of sp³-hybridized carbons (Fsp3) is 0.273. The normalized spacial score (nSPS) is 11.1. The molecule has 0 atom stereocenters. The minimum absolute atomic E-state index is 0.463. The van der Waals surface area contributed by atoms with Crippen molar-refractivity contribution in [2.45, 2.75) is 19.9 Å². The van der Waals surface area contributed by atoms with Crippen LogP contribution in [0.2, 0.25) is 0 Å². The molecule has 0 aliphatic rings. The Balaban J connectivity index is 2.79. The second-order valence-corrected chi connectivity index (χ2v) is 4.03. The summed E-state index contributed by atoms with van der Waals surface area (Å²) in [6.07, 6.45) is 0.954. The number of nitrogens with two attached hydrogens (primary N) is 1. The molecule has 0 unspecified atom stereocenters. The van der Waals surface area contributed by atoms with Gasteiger partial charge in [-0.05, 0) is 28.4 Å². The maximum absolute atomic E-state index is 5.70. The van der Waals surface area contributed by atoms with E-state index in [1.165, 1.54) is 10.9 Å². The molecule has 1 aromatic carbocycles. The van der Waals surface area contributed by atoms with E-state index in [1.54, 1.807) is 0 Å². The summed E-state index contributed by atoms with van der Waals surface area (Å²) in [5.74, 6) is 0.898. The van der Waals surface area contributed by atoms with Crippen LogP contribution >= 0.6 is 15.9 Å². The molecule has 0 amide bonds. The third kappa shape index (κ3) is 1.37. The van der Waals surface area contributed by atoms with Crippen molar-refractivity contribution in [3.05, 3.63) is 34.0 Å². The average molecular weight is 254 g/mol. The van der Waals surface area contributed by atoms with Crippen LogP contribution < -0.4 is 5.73 Å². The van der Waals surface area contributed by atoms with Gasteiger partial charge in [0.15, 0.2) is 0 Å². The Kier molecular flexibility index (Phi) is 2.61. The molecule has 74 valence electrons. The number of halogens is 1. The zero-order valence-electron chi connectivity index (χ0n) is 8.01. The van der Waals surface area contributed by atoms with Crippen LogP contribution in [0, 0.1) is 0 Å². The van der Waals surface area contributed by atoms with E-state index in [2.05, 4.69) is 28.9 Å². The number of rotatable bonds is 2. The van der Waals surface area contributed by atoms with Crippen molar-refractivity contribution in [1.29, 1.82) is 0 Å². The van der Waals surface area contributed by atoms with E-state index >= 15 is 0 Å². The minimum Gasteiger partial charge on any atom is -0.458 e. The lowest BCUT2D eigenvalue weighted by Crippen LogP contribution is -1.97. The lowest BCUT2D eigenvalue weighted by atomic mass is 10.1. The Morgan fingerprint density at radius 2 is 2.21 bits per heavy atom. The van der Waals surface area contributed by atoms with E-state index in [-0.39, 0.29) is 0 Å². The first kappa shape index (κ1) is 9.74. The van der Waals surface area contributed by atoms with Crippen LogP contribution in [0.25, 0.3) is 11.0 Å². The van der Waals surface area contributed by atoms with Gasteiger partial charge in [-0.1, -0.05) is 19.1 Å². The van der Waals surface area contributed by atoms with E-state index in [1.807, 2.05) is 12.1 Å². The number of para-hydroxylation sites is 1. The van der Waals surface area contributed by atoms with Gasteiger partial charge in [-0.25, -0.2) is 0 Å². The molecule has 0 saturated carbocycles. The highest BCUT2D eigenvalue weighted by molar-refractivity contribution is 9.10. The van der Waals surface area contributed by atoms with Crippen LogP contribution in [0.1, 0.15) is 18.2 Å². The van der Waals surface area contributed by atoms with Crippen molar-refractivity contribution in [2.75, 3.05) is 0 Å². The summed E-state index contributed by atoms with van der Waals surface area (Å²) in [5, 5.41) is 1.17. The summed E-state index contributed by atoms with van der Waals surface area (Å²) in [5.41, 5.74) is 7.76. The molecule has 0 aliphatic heterocycles. The van der Waals surface area contributed by atoms with Crippen molar-refractivity contribution in [1.82, 2.24) is 0 Å². The maximum atomic E-state index is 5.70. The first-order chi connectivity index (χ1) is 6.77. The number of furan rings is 1. The van der Waals surface area contributed by atoms with E-state index < -0.39 is 0 Å². The first-order valence-corrected chi connectivity index (χ1v) is 5.46. The third-order valence-corrected chi connectivity index (χ3v) is 3.02. The van der Waals surface area contributed by atoms with Gasteiger partial charge < -0.3 is 10.2 Å². The van der Waals surface area contributed by atoms with Crippen molar-refractivity contribution in [2.24, 2.45) is 5.73 Å². The number of benzene rings is 1. The minimum atomic E-state index is 0.463.